The van der Waals surface area contributed by atoms with Crippen LogP contribution >= 0.6 is 0 Å². The van der Waals surface area contributed by atoms with Crippen LogP contribution in [0.2, 0.25) is 0 Å². The normalized spacial score (nSPS) is 46.8. The van der Waals surface area contributed by atoms with Crippen molar-refractivity contribution in [2.45, 2.75) is 114 Å². The maximum absolute atomic E-state index is 14.2. The van der Waals surface area contributed by atoms with Crippen LogP contribution in [0.25, 0.3) is 0 Å². The third kappa shape index (κ3) is 4.65. The zero-order chi connectivity index (χ0) is 33.7. The number of fused-ring (bicyclic) bond motifs is 7. The highest BCUT2D eigenvalue weighted by molar-refractivity contribution is 5.96. The molecule has 1 saturated heterocycles. The number of carbonyl (C=O) groups excluding carboxylic acids is 1. The van der Waals surface area contributed by atoms with Gasteiger partial charge < -0.3 is 45.8 Å². The van der Waals surface area contributed by atoms with E-state index in [9.17, 15) is 40.5 Å². The SMILES string of the molecule is CNCC[C@@H](C)[C@H](C)[C@H](O)[C@@H]1O[C@H]2C[C@@]3(O)C4=CC(=O)[C@@H]5[C@H](c6cc(O)cc(O)c6)[C@@H](O)[C@@H](O)C[C@]5(C)[C@H]4CC[C@]3(C)[C@H]2[C@@]1(C)O. The fourth-order valence-electron chi connectivity index (χ4n) is 11.1. The summed E-state index contributed by atoms with van der Waals surface area (Å²) in [6.45, 7) is 10.5. The van der Waals surface area contributed by atoms with E-state index in [0.29, 0.717) is 24.0 Å². The number of aromatic hydroxyl groups is 2. The lowest BCUT2D eigenvalue weighted by molar-refractivity contribution is -0.177. The summed E-state index contributed by atoms with van der Waals surface area (Å²) in [5.74, 6) is -3.08. The van der Waals surface area contributed by atoms with Crippen molar-refractivity contribution in [3.05, 3.63) is 35.4 Å². The van der Waals surface area contributed by atoms with Crippen molar-refractivity contribution in [3.8, 4) is 11.5 Å². The molecule has 0 radical (unpaired) electrons. The molecule has 0 amide bonds. The van der Waals surface area contributed by atoms with E-state index in [0.717, 1.165) is 13.0 Å². The first kappa shape index (κ1) is 33.8. The third-order valence-electron chi connectivity index (χ3n) is 13.6. The second-order valence-corrected chi connectivity index (χ2v) is 16.1. The van der Waals surface area contributed by atoms with Gasteiger partial charge in [0.2, 0.25) is 0 Å². The van der Waals surface area contributed by atoms with E-state index in [4.69, 9.17) is 4.74 Å². The number of benzene rings is 1. The lowest BCUT2D eigenvalue weighted by Gasteiger charge is -2.61. The van der Waals surface area contributed by atoms with Gasteiger partial charge in [0.1, 0.15) is 17.6 Å². The summed E-state index contributed by atoms with van der Waals surface area (Å²) in [5, 5.41) is 82.5. The predicted molar refractivity (Wildman–Crippen MR) is 170 cm³/mol. The fourth-order valence-corrected chi connectivity index (χ4v) is 11.1. The summed E-state index contributed by atoms with van der Waals surface area (Å²) in [6.07, 6.45) is -0.918. The summed E-state index contributed by atoms with van der Waals surface area (Å²) >= 11 is 0. The van der Waals surface area contributed by atoms with Crippen LogP contribution in [0.5, 0.6) is 11.5 Å². The van der Waals surface area contributed by atoms with Crippen LogP contribution in [0.1, 0.15) is 78.2 Å². The standard InChI is InChI=1S/C36H53NO9/c1-17(8-10-37-6)18(2)29(42)32-35(5,44)31-26(46-32)16-36(45)23-14-24(40)28-27(19-11-20(38)13-21(39)12-19)30(43)25(41)15-33(28,3)22(23)7-9-34(31,36)4/h11-14,17-18,22,25-32,37-39,41-45H,7-10,15-16H2,1-6H3/t17-,18+,22+,25+,26+,27+,28-,29+,30+,31+,32+,33-,34-,35-,36-/m1/s1. The van der Waals surface area contributed by atoms with E-state index in [2.05, 4.69) is 12.2 Å². The molecule has 0 aromatic heterocycles. The summed E-state index contributed by atoms with van der Waals surface area (Å²) < 4.78 is 6.52. The van der Waals surface area contributed by atoms with Crippen molar-refractivity contribution in [1.82, 2.24) is 5.32 Å². The minimum atomic E-state index is -1.47. The first-order valence-corrected chi connectivity index (χ1v) is 17.0. The fraction of sp³-hybridized carbons (Fsp3) is 0.750. The number of ether oxygens (including phenoxy) is 1. The quantitative estimate of drug-likeness (QED) is 0.220. The van der Waals surface area contributed by atoms with Crippen molar-refractivity contribution in [3.63, 3.8) is 0 Å². The zero-order valence-corrected chi connectivity index (χ0v) is 27.8. The summed E-state index contributed by atoms with van der Waals surface area (Å²) in [5.41, 5.74) is -3.66. The van der Waals surface area contributed by atoms with Crippen LogP contribution < -0.4 is 5.32 Å². The molecule has 4 fully saturated rings. The molecule has 10 nitrogen and oxygen atoms in total. The van der Waals surface area contributed by atoms with Crippen LogP contribution in [0, 0.1) is 40.4 Å². The van der Waals surface area contributed by atoms with Gasteiger partial charge in [-0.25, -0.2) is 0 Å². The van der Waals surface area contributed by atoms with E-state index in [1.165, 1.54) is 24.3 Å². The van der Waals surface area contributed by atoms with Gasteiger partial charge in [0, 0.05) is 35.7 Å². The minimum Gasteiger partial charge on any atom is -0.508 e. The average Bonchev–Trinajstić information content (AvgIpc) is 3.37. The lowest BCUT2D eigenvalue weighted by atomic mass is 9.44. The van der Waals surface area contributed by atoms with Gasteiger partial charge in [-0.15, -0.1) is 0 Å². The van der Waals surface area contributed by atoms with Gasteiger partial charge in [-0.05, 0) is 98.7 Å². The van der Waals surface area contributed by atoms with Gasteiger partial charge >= 0.3 is 0 Å². The Morgan fingerprint density at radius 2 is 1.70 bits per heavy atom. The highest BCUT2D eigenvalue weighted by Crippen LogP contribution is 2.71. The van der Waals surface area contributed by atoms with Crippen molar-refractivity contribution in [2.75, 3.05) is 13.6 Å². The molecule has 1 heterocycles. The molecule has 1 aromatic carbocycles. The Bertz CT molecular complexity index is 1380. The highest BCUT2D eigenvalue weighted by Gasteiger charge is 2.75. The molecule has 256 valence electrons. The van der Waals surface area contributed by atoms with Crippen molar-refractivity contribution in [1.29, 1.82) is 0 Å². The van der Waals surface area contributed by atoms with E-state index in [1.807, 2.05) is 27.8 Å². The molecule has 8 N–H and O–H groups in total. The topological polar surface area (TPSA) is 180 Å². The highest BCUT2D eigenvalue weighted by atomic mass is 16.5. The number of ketones is 1. The molecule has 46 heavy (non-hydrogen) atoms. The van der Waals surface area contributed by atoms with Gasteiger partial charge in [-0.1, -0.05) is 27.7 Å². The van der Waals surface area contributed by atoms with Gasteiger partial charge in [0.25, 0.3) is 0 Å². The summed E-state index contributed by atoms with van der Waals surface area (Å²) in [6, 6.07) is 4.00. The average molecular weight is 644 g/mol. The number of rotatable bonds is 7. The second-order valence-electron chi connectivity index (χ2n) is 16.1. The molecule has 10 heteroatoms. The Kier molecular flexibility index (Phi) is 8.28. The number of carbonyl (C=O) groups is 1. The number of nitrogens with one attached hydrogen (secondary N) is 1. The van der Waals surface area contributed by atoms with Crippen molar-refractivity contribution in [2.24, 2.45) is 40.4 Å². The number of hydrogen-bond acceptors (Lipinski definition) is 10. The molecule has 1 aliphatic heterocycles. The molecule has 6 rings (SSSR count). The number of aliphatic hydroxyl groups is 5. The maximum Gasteiger partial charge on any atom is 0.160 e. The molecule has 1 aromatic rings. The Hall–Kier alpha value is -2.05. The number of phenols is 2. The minimum absolute atomic E-state index is 0.129. The Balaban J connectivity index is 1.35. The summed E-state index contributed by atoms with van der Waals surface area (Å²) in [4.78, 5) is 14.2. The molecule has 0 bridgehead atoms. The second kappa shape index (κ2) is 11.3. The largest absolute Gasteiger partial charge is 0.508 e. The molecule has 15 atom stereocenters. The van der Waals surface area contributed by atoms with E-state index in [1.54, 1.807) is 6.92 Å². The van der Waals surface area contributed by atoms with E-state index >= 15 is 0 Å². The predicted octanol–water partition coefficient (Wildman–Crippen LogP) is 2.37. The van der Waals surface area contributed by atoms with E-state index in [-0.39, 0.29) is 47.9 Å². The third-order valence-corrected chi connectivity index (χ3v) is 13.6. The Labute approximate surface area is 271 Å². The van der Waals surface area contributed by atoms with Crippen LogP contribution in [0.3, 0.4) is 0 Å². The molecular weight excluding hydrogens is 590 g/mol. The van der Waals surface area contributed by atoms with E-state index < -0.39 is 70.3 Å². The van der Waals surface area contributed by atoms with Crippen LogP contribution in [0.15, 0.2) is 29.8 Å². The zero-order valence-electron chi connectivity index (χ0n) is 27.8. The molecular formula is C36H53NO9. The first-order valence-electron chi connectivity index (χ1n) is 17.0. The van der Waals surface area contributed by atoms with Gasteiger partial charge in [0.15, 0.2) is 5.78 Å². The monoisotopic (exact) mass is 643 g/mol. The number of allylic oxidation sites excluding steroid dienone is 1. The molecule has 5 aliphatic rings. The molecule has 4 aliphatic carbocycles. The summed E-state index contributed by atoms with van der Waals surface area (Å²) in [7, 11) is 1.89. The number of phenolic OH excluding ortho intramolecular Hbond substituents is 2. The molecule has 3 saturated carbocycles. The molecule has 0 spiro atoms. The number of aliphatic hydroxyl groups excluding tert-OH is 3. The molecule has 0 unspecified atom stereocenters. The lowest BCUT2D eigenvalue weighted by Crippen LogP contribution is -2.64. The van der Waals surface area contributed by atoms with Crippen molar-refractivity contribution >= 4 is 5.78 Å². The number of hydrogen-bond donors (Lipinski definition) is 8. The van der Waals surface area contributed by atoms with Crippen LogP contribution in [-0.2, 0) is 9.53 Å². The Morgan fingerprint density at radius 3 is 2.33 bits per heavy atom. The smallest absolute Gasteiger partial charge is 0.160 e. The van der Waals surface area contributed by atoms with Crippen LogP contribution in [-0.4, -0.2) is 96.8 Å². The van der Waals surface area contributed by atoms with Gasteiger partial charge in [-0.2, -0.15) is 0 Å². The van der Waals surface area contributed by atoms with Gasteiger partial charge in [-0.3, -0.25) is 4.79 Å². The Morgan fingerprint density at radius 1 is 1.04 bits per heavy atom. The maximum atomic E-state index is 14.2. The van der Waals surface area contributed by atoms with Gasteiger partial charge in [0.05, 0.1) is 35.6 Å². The first-order chi connectivity index (χ1) is 21.4. The van der Waals surface area contributed by atoms with Crippen LogP contribution in [0.4, 0.5) is 0 Å². The van der Waals surface area contributed by atoms with Crippen molar-refractivity contribution < 1.29 is 45.3 Å².